The van der Waals surface area contributed by atoms with Crippen molar-refractivity contribution in [1.29, 1.82) is 0 Å². The summed E-state index contributed by atoms with van der Waals surface area (Å²) in [7, 11) is 0. The third-order valence-electron chi connectivity index (χ3n) is 0.558. The minimum absolute atomic E-state index is 0.708. The molecule has 2 N–H and O–H groups in total. The summed E-state index contributed by atoms with van der Waals surface area (Å²) in [4.78, 5) is 0. The van der Waals surface area contributed by atoms with Gasteiger partial charge in [0.25, 0.3) is 0 Å². The van der Waals surface area contributed by atoms with Gasteiger partial charge in [-0.05, 0) is 13.3 Å². The van der Waals surface area contributed by atoms with Crippen LogP contribution in [0.1, 0.15) is 21.6 Å². The monoisotopic (exact) mass is 74.1 g/mol. The van der Waals surface area contributed by atoms with Crippen LogP contribution in [0.3, 0.4) is 0 Å². The highest BCUT2D eigenvalue weighted by atomic mass is 14.6. The molecular weight excluding hydrogens is 62.1 g/mol. The van der Waals surface area contributed by atoms with Crippen LogP contribution in [0.2, 0.25) is 0 Å². The fraction of sp³-hybridized carbons (Fsp3) is 1.00. The molecule has 0 radical (unpaired) electrons. The lowest BCUT2D eigenvalue weighted by molar-refractivity contribution is 0.715. The number of hydrogen-bond acceptors (Lipinski definition) is 1. The van der Waals surface area contributed by atoms with Crippen LogP contribution in [-0.2, 0) is 0 Å². The molecule has 32 valence electrons. The molecule has 0 bridgehead atoms. The predicted molar refractivity (Wildman–Crippen MR) is 23.9 cm³/mol. The van der Waals surface area contributed by atoms with E-state index >= 15 is 0 Å². The Kier molecular flexibility index (Phi) is 1.40. The molecule has 0 fully saturated rings. The van der Waals surface area contributed by atoms with E-state index in [0.29, 0.717) is 6.42 Å². The van der Waals surface area contributed by atoms with Crippen LogP contribution < -0.4 is 5.73 Å². The van der Waals surface area contributed by atoms with Gasteiger partial charge in [0.15, 0.2) is 0 Å². The van der Waals surface area contributed by atoms with Crippen LogP contribution >= 0.6 is 0 Å². The maximum absolute atomic E-state index is 6.96. The first-order chi connectivity index (χ1) is 2.56. The Morgan fingerprint density at radius 1 is 2.20 bits per heavy atom. The highest BCUT2D eigenvalue weighted by Gasteiger charge is 1.79. The Labute approximate surface area is 34.6 Å². The van der Waals surface area contributed by atoms with E-state index in [1.165, 1.54) is 0 Å². The molecule has 0 rings (SSSR count). The van der Waals surface area contributed by atoms with Gasteiger partial charge < -0.3 is 5.73 Å². The molecule has 5 heavy (non-hydrogen) atoms. The third kappa shape index (κ3) is 3.96. The topological polar surface area (TPSA) is 26.0 Å². The Hall–Kier alpha value is -0.0400. The van der Waals surface area contributed by atoms with E-state index < -0.39 is 6.02 Å². The fourth-order valence-corrected chi connectivity index (χ4v) is 0. The zero-order chi connectivity index (χ0) is 5.21. The standard InChI is InChI=1S/C4H11N/c1-3-4(2)5/h4H,3,5H2,1-2H3/i4D. The highest BCUT2D eigenvalue weighted by Crippen LogP contribution is 1.77. The Bertz CT molecular complexity index is 37.3. The van der Waals surface area contributed by atoms with Gasteiger partial charge in [0, 0.05) is 7.39 Å². The average Bonchev–Trinajstić information content (AvgIpc) is 1.35. The lowest BCUT2D eigenvalue weighted by Crippen LogP contribution is -2.11. The molecule has 0 spiro atoms. The van der Waals surface area contributed by atoms with Gasteiger partial charge in [0.05, 0.1) is 0 Å². The minimum atomic E-state index is -0.708. The van der Waals surface area contributed by atoms with Gasteiger partial charge in [0.1, 0.15) is 0 Å². The maximum Gasteiger partial charge on any atom is 0.0459 e. The van der Waals surface area contributed by atoms with Gasteiger partial charge in [-0.25, -0.2) is 0 Å². The van der Waals surface area contributed by atoms with Crippen molar-refractivity contribution in [2.45, 2.75) is 26.3 Å². The number of rotatable bonds is 1. The SMILES string of the molecule is [2H]C(C)(N)CC. The molecule has 0 aromatic carbocycles. The van der Waals surface area contributed by atoms with Gasteiger partial charge in [-0.15, -0.1) is 0 Å². The third-order valence-corrected chi connectivity index (χ3v) is 0.558. The number of hydrogen-bond donors (Lipinski definition) is 1. The smallest absolute Gasteiger partial charge is 0.0459 e. The maximum atomic E-state index is 6.96. The summed E-state index contributed by atoms with van der Waals surface area (Å²) in [5, 5.41) is 0. The molecule has 0 aromatic heterocycles. The van der Waals surface area contributed by atoms with Gasteiger partial charge in [-0.1, -0.05) is 6.92 Å². The zero-order valence-electron chi connectivity index (χ0n) is 4.78. The van der Waals surface area contributed by atoms with E-state index in [1.54, 1.807) is 6.92 Å². The molecule has 0 aromatic rings. The van der Waals surface area contributed by atoms with E-state index in [2.05, 4.69) is 0 Å². The van der Waals surface area contributed by atoms with E-state index in [9.17, 15) is 0 Å². The van der Waals surface area contributed by atoms with Crippen molar-refractivity contribution in [1.82, 2.24) is 0 Å². The summed E-state index contributed by atoms with van der Waals surface area (Å²) in [5.74, 6) is 0. The predicted octanol–water partition coefficient (Wildman–Crippen LogP) is 0.744. The first kappa shape index (κ1) is 3.16. The molecule has 0 aliphatic rings. The number of nitrogens with two attached hydrogens (primary N) is 1. The van der Waals surface area contributed by atoms with E-state index in [-0.39, 0.29) is 0 Å². The van der Waals surface area contributed by atoms with Crippen molar-refractivity contribution >= 4 is 0 Å². The first-order valence-corrected chi connectivity index (χ1v) is 1.85. The van der Waals surface area contributed by atoms with Crippen molar-refractivity contribution in [3.8, 4) is 0 Å². The molecule has 0 aliphatic heterocycles. The van der Waals surface area contributed by atoms with Crippen molar-refractivity contribution in [3.63, 3.8) is 0 Å². The molecule has 0 heterocycles. The van der Waals surface area contributed by atoms with Crippen LogP contribution in [0.15, 0.2) is 0 Å². The molecular formula is C4H11N. The summed E-state index contributed by atoms with van der Waals surface area (Å²) in [6.07, 6.45) is 0.715. The fourth-order valence-electron chi connectivity index (χ4n) is 0. The summed E-state index contributed by atoms with van der Waals surface area (Å²) in [6, 6.07) is -0.708. The summed E-state index contributed by atoms with van der Waals surface area (Å²) < 4.78 is 6.96. The second kappa shape index (κ2) is 2.21. The largest absolute Gasteiger partial charge is 0.328 e. The Morgan fingerprint density at radius 2 is 2.40 bits per heavy atom. The van der Waals surface area contributed by atoms with Gasteiger partial charge in [-0.2, -0.15) is 0 Å². The lowest BCUT2D eigenvalue weighted by atomic mass is 10.3. The van der Waals surface area contributed by atoms with Crippen molar-refractivity contribution in [3.05, 3.63) is 0 Å². The van der Waals surface area contributed by atoms with E-state index in [0.717, 1.165) is 0 Å². The van der Waals surface area contributed by atoms with Crippen molar-refractivity contribution in [2.24, 2.45) is 5.73 Å². The van der Waals surface area contributed by atoms with Crippen molar-refractivity contribution < 1.29 is 1.37 Å². The molecule has 0 amide bonds. The van der Waals surface area contributed by atoms with Crippen molar-refractivity contribution in [2.75, 3.05) is 0 Å². The molecule has 0 aliphatic carbocycles. The molecule has 1 heteroatoms. The summed E-state index contributed by atoms with van der Waals surface area (Å²) in [6.45, 7) is 3.58. The van der Waals surface area contributed by atoms with Gasteiger partial charge in [-0.3, -0.25) is 0 Å². The van der Waals surface area contributed by atoms with Gasteiger partial charge in [0.2, 0.25) is 0 Å². The summed E-state index contributed by atoms with van der Waals surface area (Å²) in [5.41, 5.74) is 5.20. The quantitative estimate of drug-likeness (QED) is 0.488. The van der Waals surface area contributed by atoms with E-state index in [1.807, 2.05) is 6.92 Å². The van der Waals surface area contributed by atoms with E-state index in [4.69, 9.17) is 7.10 Å². The zero-order valence-corrected chi connectivity index (χ0v) is 3.78. The van der Waals surface area contributed by atoms with Crippen LogP contribution in [-0.4, -0.2) is 6.02 Å². The highest BCUT2D eigenvalue weighted by molar-refractivity contribution is 4.43. The minimum Gasteiger partial charge on any atom is -0.328 e. The molecule has 0 saturated heterocycles. The lowest BCUT2D eigenvalue weighted by Gasteiger charge is -1.91. The molecule has 1 nitrogen and oxygen atoms in total. The normalized spacial score (nSPS) is 24.2. The Balaban J connectivity index is 3.17. The molecule has 0 saturated carbocycles. The van der Waals surface area contributed by atoms with Crippen LogP contribution in [0, 0.1) is 0 Å². The van der Waals surface area contributed by atoms with Crippen LogP contribution in [0.25, 0.3) is 0 Å². The molecule has 1 unspecified atom stereocenters. The second-order valence-corrected chi connectivity index (χ2v) is 1.20. The summed E-state index contributed by atoms with van der Waals surface area (Å²) >= 11 is 0. The average molecular weight is 74.1 g/mol. The molecule has 1 atom stereocenters. The van der Waals surface area contributed by atoms with Gasteiger partial charge >= 0.3 is 0 Å². The first-order valence-electron chi connectivity index (χ1n) is 2.35. The van der Waals surface area contributed by atoms with Crippen LogP contribution in [0.4, 0.5) is 0 Å². The van der Waals surface area contributed by atoms with Crippen LogP contribution in [0.5, 0.6) is 0 Å². The second-order valence-electron chi connectivity index (χ2n) is 1.20. The Morgan fingerprint density at radius 3 is 2.40 bits per heavy atom.